The molecular weight excluding hydrogens is 226 g/mol. The molecule has 0 bridgehead atoms. The van der Waals surface area contributed by atoms with E-state index in [9.17, 15) is 4.79 Å². The molecule has 0 aliphatic rings. The van der Waals surface area contributed by atoms with Crippen LogP contribution in [0.3, 0.4) is 0 Å². The molecule has 1 rings (SSSR count). The van der Waals surface area contributed by atoms with E-state index in [1.807, 2.05) is 29.9 Å². The molecule has 3 heteroatoms. The monoisotopic (exact) mass is 251 g/mol. The van der Waals surface area contributed by atoms with Gasteiger partial charge in [0.25, 0.3) is 0 Å². The third-order valence-electron chi connectivity index (χ3n) is 3.36. The fourth-order valence-electron chi connectivity index (χ4n) is 2.04. The van der Waals surface area contributed by atoms with Gasteiger partial charge < -0.3 is 9.30 Å². The number of Topliss-reactive ketones (excluding diaryl/α,β-unsaturated/α-hetero) is 1. The van der Waals surface area contributed by atoms with E-state index in [0.717, 1.165) is 12.1 Å². The number of aromatic nitrogens is 1. The maximum Gasteiger partial charge on any atom is 0.204 e. The van der Waals surface area contributed by atoms with Crippen LogP contribution in [0.5, 0.6) is 0 Å². The molecule has 1 aromatic heterocycles. The Morgan fingerprint density at radius 3 is 2.78 bits per heavy atom. The Bertz CT molecular complexity index is 357. The summed E-state index contributed by atoms with van der Waals surface area (Å²) in [7, 11) is 1.88. The lowest BCUT2D eigenvalue weighted by Crippen LogP contribution is -2.16. The molecule has 1 unspecified atom stereocenters. The maximum absolute atomic E-state index is 11.9. The van der Waals surface area contributed by atoms with Crippen LogP contribution >= 0.6 is 0 Å². The van der Waals surface area contributed by atoms with Gasteiger partial charge in [0, 0.05) is 19.9 Å². The Morgan fingerprint density at radius 2 is 2.22 bits per heavy atom. The van der Waals surface area contributed by atoms with Gasteiger partial charge in [-0.05, 0) is 24.5 Å². The van der Waals surface area contributed by atoms with Gasteiger partial charge in [0.05, 0.1) is 5.69 Å². The van der Waals surface area contributed by atoms with Gasteiger partial charge in [0.15, 0.2) is 0 Å². The van der Waals surface area contributed by atoms with Crippen LogP contribution in [0.4, 0.5) is 0 Å². The minimum absolute atomic E-state index is 0.0628. The summed E-state index contributed by atoms with van der Waals surface area (Å²) >= 11 is 0. The lowest BCUT2D eigenvalue weighted by atomic mass is 10.0. The molecule has 0 N–H and O–H groups in total. The van der Waals surface area contributed by atoms with Crippen molar-refractivity contribution in [2.45, 2.75) is 39.5 Å². The highest BCUT2D eigenvalue weighted by Crippen LogP contribution is 2.13. The van der Waals surface area contributed by atoms with Gasteiger partial charge in [-0.2, -0.15) is 0 Å². The van der Waals surface area contributed by atoms with Crippen LogP contribution < -0.4 is 0 Å². The van der Waals surface area contributed by atoms with E-state index < -0.39 is 0 Å². The van der Waals surface area contributed by atoms with E-state index in [1.165, 1.54) is 19.3 Å². The number of hydrogen-bond acceptors (Lipinski definition) is 2. The number of aryl methyl sites for hydroxylation is 1. The van der Waals surface area contributed by atoms with Crippen LogP contribution in [-0.2, 0) is 11.8 Å². The van der Waals surface area contributed by atoms with E-state index in [-0.39, 0.29) is 12.4 Å². The van der Waals surface area contributed by atoms with Crippen LogP contribution in [0.2, 0.25) is 0 Å². The van der Waals surface area contributed by atoms with Gasteiger partial charge in [-0.25, -0.2) is 0 Å². The number of unbranched alkanes of at least 4 members (excludes halogenated alkanes) is 1. The van der Waals surface area contributed by atoms with Crippen LogP contribution in [-0.4, -0.2) is 23.6 Å². The van der Waals surface area contributed by atoms with Crippen molar-refractivity contribution < 1.29 is 9.53 Å². The Balaban J connectivity index is 2.28. The zero-order valence-electron chi connectivity index (χ0n) is 11.8. The molecule has 102 valence electrons. The first-order valence-corrected chi connectivity index (χ1v) is 6.91. The molecule has 0 aliphatic carbocycles. The minimum atomic E-state index is 0.0628. The summed E-state index contributed by atoms with van der Waals surface area (Å²) in [6, 6.07) is 3.71. The van der Waals surface area contributed by atoms with Gasteiger partial charge >= 0.3 is 0 Å². The number of nitrogens with zero attached hydrogens (tertiary/aromatic N) is 1. The number of hydrogen-bond donors (Lipinski definition) is 0. The van der Waals surface area contributed by atoms with Crippen molar-refractivity contribution >= 4 is 5.78 Å². The topological polar surface area (TPSA) is 31.2 Å². The number of carbonyl (C=O) groups excluding carboxylic acids is 1. The fraction of sp³-hybridized carbons (Fsp3) is 0.667. The Hall–Kier alpha value is -1.09. The first-order chi connectivity index (χ1) is 8.69. The Labute approximate surface area is 110 Å². The summed E-state index contributed by atoms with van der Waals surface area (Å²) < 4.78 is 7.39. The predicted octanol–water partition coefficient (Wildman–Crippen LogP) is 3.44. The highest BCUT2D eigenvalue weighted by Gasteiger charge is 2.11. The van der Waals surface area contributed by atoms with Crippen LogP contribution in [0.15, 0.2) is 18.3 Å². The summed E-state index contributed by atoms with van der Waals surface area (Å²) in [5.74, 6) is 0.652. The quantitative estimate of drug-likeness (QED) is 0.629. The third-order valence-corrected chi connectivity index (χ3v) is 3.36. The highest BCUT2D eigenvalue weighted by molar-refractivity contribution is 5.95. The molecule has 0 amide bonds. The van der Waals surface area contributed by atoms with Crippen LogP contribution in [0.1, 0.15) is 50.0 Å². The second-order valence-corrected chi connectivity index (χ2v) is 4.86. The molecule has 0 spiro atoms. The lowest BCUT2D eigenvalue weighted by molar-refractivity contribution is 0.0651. The average molecular weight is 251 g/mol. The Morgan fingerprint density at radius 1 is 1.44 bits per heavy atom. The van der Waals surface area contributed by atoms with Crippen molar-refractivity contribution in [1.29, 1.82) is 0 Å². The van der Waals surface area contributed by atoms with Crippen LogP contribution in [0, 0.1) is 5.92 Å². The van der Waals surface area contributed by atoms with Crippen molar-refractivity contribution in [3.8, 4) is 0 Å². The van der Waals surface area contributed by atoms with Crippen molar-refractivity contribution in [2.75, 3.05) is 13.2 Å². The summed E-state index contributed by atoms with van der Waals surface area (Å²) in [6.45, 7) is 5.28. The predicted molar refractivity (Wildman–Crippen MR) is 73.9 cm³/mol. The van der Waals surface area contributed by atoms with E-state index in [2.05, 4.69) is 13.8 Å². The second-order valence-electron chi connectivity index (χ2n) is 4.86. The number of rotatable bonds is 9. The summed E-state index contributed by atoms with van der Waals surface area (Å²) in [6.07, 6.45) is 6.67. The molecule has 1 heterocycles. The molecule has 0 aliphatic heterocycles. The fourth-order valence-corrected chi connectivity index (χ4v) is 2.04. The molecule has 0 saturated heterocycles. The van der Waals surface area contributed by atoms with E-state index in [4.69, 9.17) is 4.74 Å². The average Bonchev–Trinajstić information content (AvgIpc) is 2.79. The smallest absolute Gasteiger partial charge is 0.204 e. The van der Waals surface area contributed by atoms with Crippen molar-refractivity contribution in [1.82, 2.24) is 4.57 Å². The van der Waals surface area contributed by atoms with Crippen molar-refractivity contribution in [3.05, 3.63) is 24.0 Å². The standard InChI is InChI=1S/C15H25NO2/c1-4-6-8-13(5-2)11-18-12-15(17)14-9-7-10-16(14)3/h7,9-10,13H,4-6,8,11-12H2,1-3H3. The normalized spacial score (nSPS) is 12.6. The largest absolute Gasteiger partial charge is 0.373 e. The zero-order chi connectivity index (χ0) is 13.4. The minimum Gasteiger partial charge on any atom is -0.373 e. The van der Waals surface area contributed by atoms with Gasteiger partial charge in [-0.3, -0.25) is 4.79 Å². The number of ether oxygens (including phenoxy) is 1. The lowest BCUT2D eigenvalue weighted by Gasteiger charge is -2.14. The molecular formula is C15H25NO2. The molecule has 18 heavy (non-hydrogen) atoms. The second kappa shape index (κ2) is 8.09. The van der Waals surface area contributed by atoms with E-state index in [0.29, 0.717) is 12.5 Å². The highest BCUT2D eigenvalue weighted by atomic mass is 16.5. The van der Waals surface area contributed by atoms with Gasteiger partial charge in [-0.1, -0.05) is 33.1 Å². The van der Waals surface area contributed by atoms with Crippen LogP contribution in [0.25, 0.3) is 0 Å². The SMILES string of the molecule is CCCCC(CC)COCC(=O)c1cccn1C. The third kappa shape index (κ3) is 4.65. The molecule has 1 aromatic rings. The first kappa shape index (κ1) is 15.0. The number of carbonyl (C=O) groups is 1. The van der Waals surface area contributed by atoms with E-state index in [1.54, 1.807) is 0 Å². The van der Waals surface area contributed by atoms with Gasteiger partial charge in [0.1, 0.15) is 6.61 Å². The molecule has 0 fully saturated rings. The number of ketones is 1. The zero-order valence-corrected chi connectivity index (χ0v) is 11.8. The maximum atomic E-state index is 11.9. The summed E-state index contributed by atoms with van der Waals surface area (Å²) in [5.41, 5.74) is 0.719. The van der Waals surface area contributed by atoms with Gasteiger partial charge in [-0.15, -0.1) is 0 Å². The summed E-state index contributed by atoms with van der Waals surface area (Å²) in [4.78, 5) is 11.9. The summed E-state index contributed by atoms with van der Waals surface area (Å²) in [5, 5.41) is 0. The van der Waals surface area contributed by atoms with E-state index >= 15 is 0 Å². The molecule has 1 atom stereocenters. The molecule has 3 nitrogen and oxygen atoms in total. The first-order valence-electron chi connectivity index (χ1n) is 6.91. The van der Waals surface area contributed by atoms with Gasteiger partial charge in [0.2, 0.25) is 5.78 Å². The molecule has 0 saturated carbocycles. The molecule has 0 radical (unpaired) electrons. The van der Waals surface area contributed by atoms with Crippen molar-refractivity contribution in [2.24, 2.45) is 13.0 Å². The molecule has 0 aromatic carbocycles. The van der Waals surface area contributed by atoms with Crippen molar-refractivity contribution in [3.63, 3.8) is 0 Å². The Kier molecular flexibility index (Phi) is 6.73.